The highest BCUT2D eigenvalue weighted by Gasteiger charge is 2.26. The Morgan fingerprint density at radius 2 is 1.44 bits per heavy atom. The first-order valence-electron chi connectivity index (χ1n) is 15.7. The number of nitrogens with zero attached hydrogens (tertiary/aromatic N) is 2. The summed E-state index contributed by atoms with van der Waals surface area (Å²) in [5.41, 5.74) is 3.79. The number of para-hydroxylation sites is 1. The van der Waals surface area contributed by atoms with Crippen molar-refractivity contribution in [2.24, 2.45) is 7.05 Å². The second-order valence-electron chi connectivity index (χ2n) is 11.2. The van der Waals surface area contributed by atoms with Crippen molar-refractivity contribution in [3.63, 3.8) is 0 Å². The van der Waals surface area contributed by atoms with Gasteiger partial charge in [0.15, 0.2) is 0 Å². The van der Waals surface area contributed by atoms with Crippen LogP contribution in [0.4, 0.5) is 11.4 Å². The fourth-order valence-electron chi connectivity index (χ4n) is 5.22. The molecule has 4 aromatic carbocycles. The topological polar surface area (TPSA) is 114 Å². The zero-order chi connectivity index (χ0) is 35.0. The van der Waals surface area contributed by atoms with E-state index < -0.39 is 17.1 Å². The second-order valence-corrected chi connectivity index (χ2v) is 13.2. The van der Waals surface area contributed by atoms with E-state index in [2.05, 4.69) is 16.0 Å². The molecule has 0 aliphatic heterocycles. The predicted molar refractivity (Wildman–Crippen MR) is 201 cm³/mol. The van der Waals surface area contributed by atoms with Gasteiger partial charge in [-0.05, 0) is 89.5 Å². The number of carbonyl (C=O) groups excluding carboxylic acids is 3. The van der Waals surface area contributed by atoms with Gasteiger partial charge in [0.2, 0.25) is 5.91 Å². The molecule has 3 amide bonds. The van der Waals surface area contributed by atoms with Crippen LogP contribution >= 0.6 is 23.1 Å². The summed E-state index contributed by atoms with van der Waals surface area (Å²) in [5, 5.41) is 11.6. The molecular weight excluding hydrogens is 667 g/mol. The number of hydrogen-bond acceptors (Lipinski definition) is 6. The highest BCUT2D eigenvalue weighted by Crippen LogP contribution is 2.37. The summed E-state index contributed by atoms with van der Waals surface area (Å²) in [7, 11) is 1.78. The van der Waals surface area contributed by atoms with Gasteiger partial charge >= 0.3 is 0 Å². The molecule has 6 aromatic rings. The van der Waals surface area contributed by atoms with E-state index >= 15 is 0 Å². The monoisotopic (exact) mass is 699 g/mol. The van der Waals surface area contributed by atoms with Gasteiger partial charge in [0.25, 0.3) is 17.4 Å². The standard InChI is InChI=1S/C39H33N5O4S2/c1-26-34(39(48)44(43(26)2)31-16-10-5-11-17-31)42-38(47)35(28-12-6-3-7-13-28)50-32-20-18-30(19-21-32)40-37(46)33(24-27-22-23-49-25-27)41-36(45)29-14-8-4-9-15-29/h3-25,35H,1-2H3,(H,40,46)(H,41,45)(H,42,47)/b33-24-. The number of benzene rings is 4. The molecule has 0 saturated carbocycles. The summed E-state index contributed by atoms with van der Waals surface area (Å²) in [4.78, 5) is 54.5. The van der Waals surface area contributed by atoms with E-state index in [4.69, 9.17) is 0 Å². The lowest BCUT2D eigenvalue weighted by atomic mass is 10.1. The molecule has 250 valence electrons. The third kappa shape index (κ3) is 7.86. The highest BCUT2D eigenvalue weighted by atomic mass is 32.2. The zero-order valence-corrected chi connectivity index (χ0v) is 28.8. The van der Waals surface area contributed by atoms with E-state index in [0.717, 1.165) is 16.0 Å². The lowest BCUT2D eigenvalue weighted by Gasteiger charge is -2.17. The zero-order valence-electron chi connectivity index (χ0n) is 27.2. The third-order valence-electron chi connectivity index (χ3n) is 7.89. The van der Waals surface area contributed by atoms with Crippen LogP contribution in [0.5, 0.6) is 0 Å². The number of carbonyl (C=O) groups is 3. The first-order chi connectivity index (χ1) is 24.3. The minimum absolute atomic E-state index is 0.0963. The SMILES string of the molecule is Cc1c(NC(=O)C(Sc2ccc(NC(=O)/C(=C/c3ccsc3)NC(=O)c3ccccc3)cc2)c2ccccc2)c(=O)n(-c2ccccc2)n1C. The maximum absolute atomic E-state index is 13.9. The Labute approximate surface area is 297 Å². The van der Waals surface area contributed by atoms with Gasteiger partial charge in [-0.25, -0.2) is 4.68 Å². The van der Waals surface area contributed by atoms with E-state index in [1.807, 2.05) is 95.7 Å². The maximum Gasteiger partial charge on any atom is 0.295 e. The summed E-state index contributed by atoms with van der Waals surface area (Å²) in [6.45, 7) is 1.79. The van der Waals surface area contributed by atoms with E-state index in [-0.39, 0.29) is 22.9 Å². The molecule has 0 saturated heterocycles. The molecule has 0 bridgehead atoms. The fourth-order valence-corrected chi connectivity index (χ4v) is 6.86. The smallest absolute Gasteiger partial charge is 0.295 e. The molecule has 2 heterocycles. The summed E-state index contributed by atoms with van der Waals surface area (Å²) in [6.07, 6.45) is 1.63. The van der Waals surface area contributed by atoms with Gasteiger partial charge in [-0.3, -0.25) is 23.9 Å². The number of hydrogen-bond donors (Lipinski definition) is 3. The van der Waals surface area contributed by atoms with E-state index in [1.54, 1.807) is 61.1 Å². The molecule has 0 aliphatic rings. The molecule has 0 spiro atoms. The van der Waals surface area contributed by atoms with Crippen LogP contribution in [0.3, 0.4) is 0 Å². The van der Waals surface area contributed by atoms with Gasteiger partial charge in [0.05, 0.1) is 11.4 Å². The van der Waals surface area contributed by atoms with Gasteiger partial charge in [0.1, 0.15) is 16.6 Å². The van der Waals surface area contributed by atoms with Crippen molar-refractivity contribution in [1.82, 2.24) is 14.7 Å². The van der Waals surface area contributed by atoms with Crippen LogP contribution < -0.4 is 21.5 Å². The van der Waals surface area contributed by atoms with E-state index in [1.165, 1.54) is 27.8 Å². The van der Waals surface area contributed by atoms with Gasteiger partial charge in [-0.1, -0.05) is 66.7 Å². The summed E-state index contributed by atoms with van der Waals surface area (Å²) in [5.74, 6) is -1.23. The van der Waals surface area contributed by atoms with Crippen molar-refractivity contribution in [2.45, 2.75) is 17.1 Å². The molecule has 3 N–H and O–H groups in total. The number of thiophene rings is 1. The number of anilines is 2. The highest BCUT2D eigenvalue weighted by molar-refractivity contribution is 8.00. The number of rotatable bonds is 11. The Hall–Kier alpha value is -5.91. The Kier molecular flexibility index (Phi) is 10.6. The minimum Gasteiger partial charge on any atom is -0.321 e. The Morgan fingerprint density at radius 3 is 2.08 bits per heavy atom. The lowest BCUT2D eigenvalue weighted by molar-refractivity contribution is -0.116. The Morgan fingerprint density at radius 1 is 0.800 bits per heavy atom. The Bertz CT molecular complexity index is 2190. The van der Waals surface area contributed by atoms with Crippen molar-refractivity contribution in [1.29, 1.82) is 0 Å². The van der Waals surface area contributed by atoms with Gasteiger partial charge in [-0.15, -0.1) is 11.8 Å². The van der Waals surface area contributed by atoms with Crippen LogP contribution in [0.1, 0.15) is 32.4 Å². The van der Waals surface area contributed by atoms with Crippen molar-refractivity contribution in [3.05, 3.63) is 171 Å². The van der Waals surface area contributed by atoms with Crippen molar-refractivity contribution in [3.8, 4) is 5.69 Å². The summed E-state index contributed by atoms with van der Waals surface area (Å²) in [6, 6.07) is 36.2. The van der Waals surface area contributed by atoms with Crippen LogP contribution in [-0.4, -0.2) is 27.1 Å². The van der Waals surface area contributed by atoms with E-state index in [9.17, 15) is 19.2 Å². The normalized spacial score (nSPS) is 11.8. The van der Waals surface area contributed by atoms with Crippen LogP contribution in [0.25, 0.3) is 11.8 Å². The van der Waals surface area contributed by atoms with Gasteiger partial charge in [-0.2, -0.15) is 11.3 Å². The molecule has 11 heteroatoms. The molecular formula is C39H33N5O4S2. The Balaban J connectivity index is 1.20. The van der Waals surface area contributed by atoms with Crippen molar-refractivity contribution in [2.75, 3.05) is 10.6 Å². The minimum atomic E-state index is -0.686. The molecule has 50 heavy (non-hydrogen) atoms. The molecule has 0 radical (unpaired) electrons. The summed E-state index contributed by atoms with van der Waals surface area (Å²) >= 11 is 2.81. The van der Waals surface area contributed by atoms with E-state index in [0.29, 0.717) is 22.6 Å². The molecule has 0 fully saturated rings. The largest absolute Gasteiger partial charge is 0.321 e. The molecule has 9 nitrogen and oxygen atoms in total. The number of nitrogens with one attached hydrogen (secondary N) is 3. The fraction of sp³-hybridized carbons (Fsp3) is 0.0769. The number of amides is 3. The molecule has 0 aliphatic carbocycles. The van der Waals surface area contributed by atoms with Gasteiger partial charge in [0, 0.05) is 23.2 Å². The van der Waals surface area contributed by atoms with Gasteiger partial charge < -0.3 is 16.0 Å². The first kappa shape index (κ1) is 34.0. The molecule has 1 unspecified atom stereocenters. The lowest BCUT2D eigenvalue weighted by Crippen LogP contribution is -2.30. The molecule has 2 aromatic heterocycles. The number of aromatic nitrogens is 2. The summed E-state index contributed by atoms with van der Waals surface area (Å²) < 4.78 is 3.25. The molecule has 1 atom stereocenters. The average Bonchev–Trinajstić information content (AvgIpc) is 3.74. The van der Waals surface area contributed by atoms with Crippen molar-refractivity contribution < 1.29 is 14.4 Å². The van der Waals surface area contributed by atoms with Crippen LogP contribution in [0.2, 0.25) is 0 Å². The third-order valence-corrected chi connectivity index (χ3v) is 9.86. The van der Waals surface area contributed by atoms with Crippen LogP contribution in [-0.2, 0) is 16.6 Å². The van der Waals surface area contributed by atoms with Crippen molar-refractivity contribution >= 4 is 58.3 Å². The van der Waals surface area contributed by atoms with Crippen LogP contribution in [0.15, 0.2) is 147 Å². The number of thioether (sulfide) groups is 1. The second kappa shape index (κ2) is 15.5. The molecule has 6 rings (SSSR count). The van der Waals surface area contributed by atoms with Crippen LogP contribution in [0, 0.1) is 6.92 Å². The average molecular weight is 700 g/mol. The maximum atomic E-state index is 13.9. The first-order valence-corrected chi connectivity index (χ1v) is 17.5. The quantitative estimate of drug-likeness (QED) is 0.0962. The predicted octanol–water partition coefficient (Wildman–Crippen LogP) is 7.43.